The van der Waals surface area contributed by atoms with Crippen LogP contribution in [0.1, 0.15) is 11.3 Å². The van der Waals surface area contributed by atoms with Gasteiger partial charge in [-0.2, -0.15) is 0 Å². The fraction of sp³-hybridized carbons (Fsp3) is 0.231. The lowest BCUT2D eigenvalue weighted by Gasteiger charge is -2.00. The minimum absolute atomic E-state index is 0.0340. The quantitative estimate of drug-likeness (QED) is 0.789. The standard InChI is InChI=1S/C13H12BrN3O2/c1-7-3-4-8-9(5-7)17-12(14)10(6-11(18)19)16(2)13(17)15-8/h3-5H,6H2,1-2H3,(H,18,19). The zero-order chi connectivity index (χ0) is 13.7. The molecule has 5 nitrogen and oxygen atoms in total. The molecule has 1 N–H and O–H groups in total. The van der Waals surface area contributed by atoms with Crippen molar-refractivity contribution in [3.8, 4) is 0 Å². The Morgan fingerprint density at radius 2 is 2.21 bits per heavy atom. The van der Waals surface area contributed by atoms with Gasteiger partial charge in [-0.05, 0) is 40.5 Å². The molecular formula is C13H12BrN3O2. The van der Waals surface area contributed by atoms with Gasteiger partial charge < -0.3 is 9.67 Å². The molecule has 6 heteroatoms. The molecule has 2 heterocycles. The van der Waals surface area contributed by atoms with Crippen LogP contribution in [0.15, 0.2) is 22.8 Å². The zero-order valence-electron chi connectivity index (χ0n) is 10.5. The normalized spacial score (nSPS) is 11.5. The molecule has 0 fully saturated rings. The van der Waals surface area contributed by atoms with Crippen LogP contribution >= 0.6 is 15.9 Å². The molecule has 0 bridgehead atoms. The van der Waals surface area contributed by atoms with Crippen molar-refractivity contribution in [2.24, 2.45) is 7.05 Å². The summed E-state index contributed by atoms with van der Waals surface area (Å²) >= 11 is 3.49. The van der Waals surface area contributed by atoms with Gasteiger partial charge in [-0.1, -0.05) is 6.07 Å². The lowest BCUT2D eigenvalue weighted by molar-refractivity contribution is -0.136. The molecule has 0 amide bonds. The van der Waals surface area contributed by atoms with Crippen LogP contribution in [0.2, 0.25) is 0 Å². The molecule has 0 unspecified atom stereocenters. The lowest BCUT2D eigenvalue weighted by atomic mass is 10.2. The van der Waals surface area contributed by atoms with E-state index in [-0.39, 0.29) is 6.42 Å². The van der Waals surface area contributed by atoms with Gasteiger partial charge in [0.1, 0.15) is 4.60 Å². The number of aliphatic carboxylic acids is 1. The van der Waals surface area contributed by atoms with E-state index < -0.39 is 5.97 Å². The van der Waals surface area contributed by atoms with Crippen molar-refractivity contribution in [2.75, 3.05) is 0 Å². The van der Waals surface area contributed by atoms with Crippen LogP contribution < -0.4 is 0 Å². The summed E-state index contributed by atoms with van der Waals surface area (Å²) in [7, 11) is 1.83. The number of hydrogen-bond acceptors (Lipinski definition) is 2. The molecule has 0 aliphatic heterocycles. The highest BCUT2D eigenvalue weighted by Gasteiger charge is 2.19. The van der Waals surface area contributed by atoms with E-state index in [1.54, 1.807) is 0 Å². The predicted octanol–water partition coefficient (Wildman–Crippen LogP) is 2.52. The van der Waals surface area contributed by atoms with Gasteiger partial charge in [-0.15, -0.1) is 0 Å². The van der Waals surface area contributed by atoms with Crippen molar-refractivity contribution in [2.45, 2.75) is 13.3 Å². The van der Waals surface area contributed by atoms with Crippen molar-refractivity contribution in [1.29, 1.82) is 0 Å². The molecule has 0 aliphatic carbocycles. The van der Waals surface area contributed by atoms with Crippen molar-refractivity contribution < 1.29 is 9.90 Å². The Balaban J connectivity index is 2.39. The van der Waals surface area contributed by atoms with E-state index in [1.807, 2.05) is 41.1 Å². The van der Waals surface area contributed by atoms with Gasteiger partial charge in [0.05, 0.1) is 23.1 Å². The van der Waals surface area contributed by atoms with Crippen LogP contribution in [0.4, 0.5) is 0 Å². The van der Waals surface area contributed by atoms with E-state index in [2.05, 4.69) is 20.9 Å². The van der Waals surface area contributed by atoms with E-state index in [1.165, 1.54) is 0 Å². The third-order valence-electron chi connectivity index (χ3n) is 3.25. The first-order valence-corrected chi connectivity index (χ1v) is 6.62. The third-order valence-corrected chi connectivity index (χ3v) is 4.06. The number of fused-ring (bicyclic) bond motifs is 3. The maximum absolute atomic E-state index is 10.9. The van der Waals surface area contributed by atoms with Crippen LogP contribution in [0, 0.1) is 6.92 Å². The summed E-state index contributed by atoms with van der Waals surface area (Å²) < 4.78 is 4.51. The summed E-state index contributed by atoms with van der Waals surface area (Å²) in [5.74, 6) is -0.117. The Kier molecular flexibility index (Phi) is 2.63. The van der Waals surface area contributed by atoms with Crippen LogP contribution in [0.5, 0.6) is 0 Å². The highest BCUT2D eigenvalue weighted by Crippen LogP contribution is 2.27. The second kappa shape index (κ2) is 4.09. The number of hydrogen-bond donors (Lipinski definition) is 1. The molecule has 0 radical (unpaired) electrons. The summed E-state index contributed by atoms with van der Waals surface area (Å²) in [6, 6.07) is 6.03. The van der Waals surface area contributed by atoms with E-state index in [0.717, 1.165) is 27.0 Å². The Morgan fingerprint density at radius 3 is 2.89 bits per heavy atom. The number of benzene rings is 1. The number of aromatic nitrogens is 3. The summed E-state index contributed by atoms with van der Waals surface area (Å²) in [4.78, 5) is 15.5. The summed E-state index contributed by atoms with van der Waals surface area (Å²) in [5.41, 5.74) is 3.73. The highest BCUT2D eigenvalue weighted by molar-refractivity contribution is 9.10. The number of nitrogens with zero attached hydrogens (tertiary/aromatic N) is 3. The zero-order valence-corrected chi connectivity index (χ0v) is 12.1. The SMILES string of the molecule is Cc1ccc2nc3n(C)c(CC(=O)O)c(Br)n3c2c1. The van der Waals surface area contributed by atoms with Crippen LogP contribution in [0.25, 0.3) is 16.8 Å². The molecule has 2 aromatic heterocycles. The number of rotatable bonds is 2. The van der Waals surface area contributed by atoms with E-state index in [9.17, 15) is 4.79 Å². The molecule has 0 spiro atoms. The van der Waals surface area contributed by atoms with Crippen molar-refractivity contribution in [1.82, 2.24) is 14.0 Å². The first-order chi connectivity index (χ1) is 8.99. The Bertz CT molecular complexity index is 816. The molecule has 1 aromatic carbocycles. The number of carbonyl (C=O) groups is 1. The Morgan fingerprint density at radius 1 is 1.47 bits per heavy atom. The highest BCUT2D eigenvalue weighted by atomic mass is 79.9. The molecule has 0 saturated carbocycles. The average molecular weight is 322 g/mol. The molecule has 3 rings (SSSR count). The Hall–Kier alpha value is -1.82. The van der Waals surface area contributed by atoms with Crippen molar-refractivity contribution >= 4 is 38.7 Å². The minimum Gasteiger partial charge on any atom is -0.481 e. The molecule has 0 aliphatic rings. The second-order valence-corrected chi connectivity index (χ2v) is 5.36. The van der Waals surface area contributed by atoms with Gasteiger partial charge >= 0.3 is 5.97 Å². The average Bonchev–Trinajstić information content (AvgIpc) is 2.81. The van der Waals surface area contributed by atoms with Gasteiger partial charge in [0, 0.05) is 7.05 Å². The minimum atomic E-state index is -0.856. The second-order valence-electron chi connectivity index (χ2n) is 4.61. The molecule has 3 aromatic rings. The molecular weight excluding hydrogens is 310 g/mol. The summed E-state index contributed by atoms with van der Waals surface area (Å²) in [6.45, 7) is 2.02. The van der Waals surface area contributed by atoms with E-state index in [0.29, 0.717) is 5.69 Å². The number of carboxylic acids is 1. The number of halogens is 1. The lowest BCUT2D eigenvalue weighted by Crippen LogP contribution is -2.05. The van der Waals surface area contributed by atoms with E-state index in [4.69, 9.17) is 5.11 Å². The van der Waals surface area contributed by atoms with Crippen molar-refractivity contribution in [3.63, 3.8) is 0 Å². The monoisotopic (exact) mass is 321 g/mol. The molecule has 98 valence electrons. The topological polar surface area (TPSA) is 59.5 Å². The molecule has 0 saturated heterocycles. The van der Waals surface area contributed by atoms with Gasteiger partial charge in [-0.3, -0.25) is 9.20 Å². The van der Waals surface area contributed by atoms with Crippen LogP contribution in [0.3, 0.4) is 0 Å². The fourth-order valence-corrected chi connectivity index (χ4v) is 3.07. The van der Waals surface area contributed by atoms with E-state index >= 15 is 0 Å². The first kappa shape index (κ1) is 12.2. The van der Waals surface area contributed by atoms with Gasteiger partial charge in [0.15, 0.2) is 0 Å². The maximum atomic E-state index is 10.9. The van der Waals surface area contributed by atoms with Crippen LogP contribution in [-0.2, 0) is 18.3 Å². The van der Waals surface area contributed by atoms with Crippen molar-refractivity contribution in [3.05, 3.63) is 34.1 Å². The summed E-state index contributed by atoms with van der Waals surface area (Å²) in [5, 5.41) is 8.97. The first-order valence-electron chi connectivity index (χ1n) is 5.82. The smallest absolute Gasteiger partial charge is 0.309 e. The Labute approximate surface area is 117 Å². The van der Waals surface area contributed by atoms with Gasteiger partial charge in [0.2, 0.25) is 5.78 Å². The largest absolute Gasteiger partial charge is 0.481 e. The molecule has 19 heavy (non-hydrogen) atoms. The molecule has 0 atom stereocenters. The number of aryl methyl sites for hydroxylation is 2. The number of carboxylic acid groups (broad SMARTS) is 1. The van der Waals surface area contributed by atoms with Gasteiger partial charge in [0.25, 0.3) is 0 Å². The van der Waals surface area contributed by atoms with Gasteiger partial charge in [-0.25, -0.2) is 4.98 Å². The third kappa shape index (κ3) is 1.74. The predicted molar refractivity (Wildman–Crippen MR) is 75.4 cm³/mol. The fourth-order valence-electron chi connectivity index (χ4n) is 2.31. The number of imidazole rings is 2. The van der Waals surface area contributed by atoms with Crippen LogP contribution in [-0.4, -0.2) is 25.0 Å². The summed E-state index contributed by atoms with van der Waals surface area (Å²) in [6.07, 6.45) is -0.0340. The maximum Gasteiger partial charge on any atom is 0.309 e.